The molecule has 1 amide bonds. The molecule has 0 radical (unpaired) electrons. The number of hydrogen-bond donors (Lipinski definition) is 0. The lowest BCUT2D eigenvalue weighted by Gasteiger charge is -2.47. The maximum atomic E-state index is 11.7. The van der Waals surface area contributed by atoms with E-state index < -0.39 is 0 Å². The van der Waals surface area contributed by atoms with Crippen LogP contribution in [0, 0.1) is 5.92 Å². The summed E-state index contributed by atoms with van der Waals surface area (Å²) >= 11 is 0. The van der Waals surface area contributed by atoms with Gasteiger partial charge in [0.1, 0.15) is 5.76 Å². The number of benzene rings is 1. The van der Waals surface area contributed by atoms with E-state index in [9.17, 15) is 4.79 Å². The van der Waals surface area contributed by atoms with Crippen molar-refractivity contribution >= 4 is 5.91 Å². The second kappa shape index (κ2) is 7.04. The predicted octanol–water partition coefficient (Wildman–Crippen LogP) is 3.78. The monoisotopic (exact) mass is 338 g/mol. The first-order chi connectivity index (χ1) is 12.2. The van der Waals surface area contributed by atoms with E-state index in [0.717, 1.165) is 37.4 Å². The van der Waals surface area contributed by atoms with Crippen molar-refractivity contribution in [1.29, 1.82) is 0 Å². The third kappa shape index (κ3) is 3.49. The molecule has 2 fully saturated rings. The second-order valence-electron chi connectivity index (χ2n) is 7.37. The molecule has 0 aliphatic carbocycles. The first-order valence-electron chi connectivity index (χ1n) is 9.33. The number of rotatable bonds is 3. The zero-order valence-electron chi connectivity index (χ0n) is 14.9. The molecule has 0 spiro atoms. The maximum Gasteiger partial charge on any atom is 0.219 e. The number of likely N-dealkylation sites (tertiary alicyclic amines) is 2. The number of nitrogens with zero attached hydrogens (tertiary/aromatic N) is 2. The first-order valence-corrected chi connectivity index (χ1v) is 9.33. The van der Waals surface area contributed by atoms with E-state index >= 15 is 0 Å². The summed E-state index contributed by atoms with van der Waals surface area (Å²) in [6.07, 6.45) is 5.30. The van der Waals surface area contributed by atoms with E-state index in [-0.39, 0.29) is 5.91 Å². The van der Waals surface area contributed by atoms with E-state index in [4.69, 9.17) is 4.42 Å². The number of amides is 1. The molecule has 2 atom stereocenters. The number of hydrogen-bond acceptors (Lipinski definition) is 3. The van der Waals surface area contributed by atoms with Gasteiger partial charge in [-0.2, -0.15) is 0 Å². The van der Waals surface area contributed by atoms with Crippen molar-refractivity contribution in [2.75, 3.05) is 19.6 Å². The number of carbonyl (C=O) groups is 1. The second-order valence-corrected chi connectivity index (χ2v) is 7.37. The fourth-order valence-corrected chi connectivity index (χ4v) is 4.44. The van der Waals surface area contributed by atoms with Crippen molar-refractivity contribution in [3.8, 4) is 11.3 Å². The van der Waals surface area contributed by atoms with Gasteiger partial charge in [0.15, 0.2) is 0 Å². The van der Waals surface area contributed by atoms with Crippen molar-refractivity contribution in [1.82, 2.24) is 9.80 Å². The van der Waals surface area contributed by atoms with Crippen LogP contribution in [0.5, 0.6) is 0 Å². The molecule has 0 saturated carbocycles. The molecule has 1 aromatic heterocycles. The molecule has 2 aliphatic rings. The minimum atomic E-state index is 0.226. The quantitative estimate of drug-likeness (QED) is 0.854. The van der Waals surface area contributed by atoms with Crippen LogP contribution in [0.3, 0.4) is 0 Å². The van der Waals surface area contributed by atoms with Crippen molar-refractivity contribution in [3.05, 3.63) is 48.2 Å². The van der Waals surface area contributed by atoms with E-state index in [1.54, 1.807) is 13.2 Å². The molecular weight excluding hydrogens is 312 g/mol. The van der Waals surface area contributed by atoms with E-state index in [2.05, 4.69) is 29.2 Å². The van der Waals surface area contributed by atoms with Gasteiger partial charge in [-0.05, 0) is 49.4 Å². The van der Waals surface area contributed by atoms with Gasteiger partial charge in [-0.25, -0.2) is 0 Å². The molecule has 0 unspecified atom stereocenters. The summed E-state index contributed by atoms with van der Waals surface area (Å²) in [5, 5.41) is 0. The standard InChI is InChI=1S/C21H26N2O2/c1-16(24)22-12-10-20-19(15-22)4-2-11-23(20)14-17-6-8-18(9-7-17)21-5-3-13-25-21/h3,5-9,13,19-20H,2,4,10-12,14-15H2,1H3/t19-,20+/m1/s1. The lowest BCUT2D eigenvalue weighted by atomic mass is 9.83. The molecule has 25 heavy (non-hydrogen) atoms. The van der Waals surface area contributed by atoms with Gasteiger partial charge in [0.2, 0.25) is 5.91 Å². The molecule has 1 aromatic carbocycles. The van der Waals surface area contributed by atoms with Crippen LogP contribution in [0.4, 0.5) is 0 Å². The highest BCUT2D eigenvalue weighted by molar-refractivity contribution is 5.73. The minimum absolute atomic E-state index is 0.226. The summed E-state index contributed by atoms with van der Waals surface area (Å²) in [6.45, 7) is 5.71. The van der Waals surface area contributed by atoms with Crippen LogP contribution in [0.15, 0.2) is 47.1 Å². The minimum Gasteiger partial charge on any atom is -0.464 e. The Morgan fingerprint density at radius 3 is 2.72 bits per heavy atom. The summed E-state index contributed by atoms with van der Waals surface area (Å²) in [5.41, 5.74) is 2.48. The summed E-state index contributed by atoms with van der Waals surface area (Å²) in [7, 11) is 0. The Balaban J connectivity index is 1.43. The number of fused-ring (bicyclic) bond motifs is 1. The van der Waals surface area contributed by atoms with Gasteiger partial charge in [0.25, 0.3) is 0 Å². The lowest BCUT2D eigenvalue weighted by Crippen LogP contribution is -2.54. The summed E-state index contributed by atoms with van der Waals surface area (Å²) in [5.74, 6) is 1.78. The van der Waals surface area contributed by atoms with Crippen LogP contribution in [-0.4, -0.2) is 41.4 Å². The largest absolute Gasteiger partial charge is 0.464 e. The van der Waals surface area contributed by atoms with E-state index in [1.807, 2.05) is 17.0 Å². The van der Waals surface area contributed by atoms with Crippen molar-refractivity contribution in [2.24, 2.45) is 5.92 Å². The Hall–Kier alpha value is -2.07. The highest BCUT2D eigenvalue weighted by Gasteiger charge is 2.36. The molecule has 0 bridgehead atoms. The first kappa shape index (κ1) is 16.4. The zero-order chi connectivity index (χ0) is 17.2. The van der Waals surface area contributed by atoms with Gasteiger partial charge in [0, 0.05) is 38.2 Å². The van der Waals surface area contributed by atoms with Gasteiger partial charge in [-0.1, -0.05) is 24.3 Å². The molecule has 2 aromatic rings. The van der Waals surface area contributed by atoms with Gasteiger partial charge in [-0.3, -0.25) is 9.69 Å². The molecule has 4 nitrogen and oxygen atoms in total. The van der Waals surface area contributed by atoms with Gasteiger partial charge < -0.3 is 9.32 Å². The molecule has 132 valence electrons. The van der Waals surface area contributed by atoms with Gasteiger partial charge >= 0.3 is 0 Å². The predicted molar refractivity (Wildman–Crippen MR) is 97.9 cm³/mol. The third-order valence-corrected chi connectivity index (χ3v) is 5.77. The molecule has 2 aliphatic heterocycles. The molecule has 4 rings (SSSR count). The average Bonchev–Trinajstić information content (AvgIpc) is 3.17. The summed E-state index contributed by atoms with van der Waals surface area (Å²) in [4.78, 5) is 16.3. The Bertz CT molecular complexity index is 708. The van der Waals surface area contributed by atoms with Crippen LogP contribution >= 0.6 is 0 Å². The van der Waals surface area contributed by atoms with Crippen molar-refractivity contribution < 1.29 is 9.21 Å². The molecule has 3 heterocycles. The topological polar surface area (TPSA) is 36.7 Å². The van der Waals surface area contributed by atoms with Crippen LogP contribution in [-0.2, 0) is 11.3 Å². The summed E-state index contributed by atoms with van der Waals surface area (Å²) in [6, 6.07) is 13.3. The Morgan fingerprint density at radius 1 is 1.16 bits per heavy atom. The number of carbonyl (C=O) groups excluding carboxylic acids is 1. The Morgan fingerprint density at radius 2 is 2.00 bits per heavy atom. The highest BCUT2D eigenvalue weighted by atomic mass is 16.3. The molecule has 4 heteroatoms. The SMILES string of the molecule is CC(=O)N1CC[C@H]2[C@H](CCCN2Cc2ccc(-c3ccco3)cc2)C1. The van der Waals surface area contributed by atoms with Gasteiger partial charge in [-0.15, -0.1) is 0 Å². The summed E-state index contributed by atoms with van der Waals surface area (Å²) < 4.78 is 5.47. The fourth-order valence-electron chi connectivity index (χ4n) is 4.44. The smallest absolute Gasteiger partial charge is 0.219 e. The Labute approximate surface area is 149 Å². The number of piperidine rings is 2. The van der Waals surface area contributed by atoms with Crippen LogP contribution in [0.25, 0.3) is 11.3 Å². The Kier molecular flexibility index (Phi) is 4.62. The molecular formula is C21H26N2O2. The van der Waals surface area contributed by atoms with Crippen LogP contribution in [0.2, 0.25) is 0 Å². The number of furan rings is 1. The van der Waals surface area contributed by atoms with Crippen LogP contribution < -0.4 is 0 Å². The van der Waals surface area contributed by atoms with E-state index in [1.165, 1.54) is 24.9 Å². The lowest BCUT2D eigenvalue weighted by molar-refractivity contribution is -0.132. The fraction of sp³-hybridized carbons (Fsp3) is 0.476. The molecule has 2 saturated heterocycles. The normalized spacial score (nSPS) is 24.1. The zero-order valence-corrected chi connectivity index (χ0v) is 14.9. The third-order valence-electron chi connectivity index (χ3n) is 5.77. The highest BCUT2D eigenvalue weighted by Crippen LogP contribution is 2.32. The molecule has 0 N–H and O–H groups in total. The van der Waals surface area contributed by atoms with Crippen molar-refractivity contribution in [3.63, 3.8) is 0 Å². The van der Waals surface area contributed by atoms with Crippen molar-refractivity contribution in [2.45, 2.75) is 38.8 Å². The van der Waals surface area contributed by atoms with Gasteiger partial charge in [0.05, 0.1) is 6.26 Å². The average molecular weight is 338 g/mol. The maximum absolute atomic E-state index is 11.7. The van der Waals surface area contributed by atoms with Crippen LogP contribution in [0.1, 0.15) is 31.7 Å². The van der Waals surface area contributed by atoms with E-state index in [0.29, 0.717) is 12.0 Å².